The molecular formula is C16H19IN2OS. The van der Waals surface area contributed by atoms with E-state index in [4.69, 9.17) is 0 Å². The number of likely N-dealkylation sites (N-methyl/N-ethyl adjacent to an activating group) is 1. The van der Waals surface area contributed by atoms with Crippen molar-refractivity contribution in [2.24, 2.45) is 0 Å². The van der Waals surface area contributed by atoms with Crippen molar-refractivity contribution in [2.75, 3.05) is 27.2 Å². The summed E-state index contributed by atoms with van der Waals surface area (Å²) in [7, 11) is 4.05. The lowest BCUT2D eigenvalue weighted by Crippen LogP contribution is -2.36. The second-order valence-corrected chi connectivity index (χ2v) is 7.96. The van der Waals surface area contributed by atoms with Crippen LogP contribution in [0.5, 0.6) is 0 Å². The van der Waals surface area contributed by atoms with E-state index >= 15 is 0 Å². The minimum absolute atomic E-state index is 0.111. The lowest BCUT2D eigenvalue weighted by molar-refractivity contribution is 0.0732. The van der Waals surface area contributed by atoms with Gasteiger partial charge in [0, 0.05) is 25.0 Å². The number of amides is 1. The average Bonchev–Trinajstić information content (AvgIpc) is 2.90. The molecule has 0 atom stereocenters. The molecule has 21 heavy (non-hydrogen) atoms. The maximum absolute atomic E-state index is 12.7. The van der Waals surface area contributed by atoms with Gasteiger partial charge in [-0.2, -0.15) is 0 Å². The van der Waals surface area contributed by atoms with Crippen LogP contribution in [0.4, 0.5) is 0 Å². The van der Waals surface area contributed by atoms with E-state index in [1.807, 2.05) is 48.6 Å². The van der Waals surface area contributed by atoms with Crippen LogP contribution in [-0.2, 0) is 6.54 Å². The summed E-state index contributed by atoms with van der Waals surface area (Å²) in [6.07, 6.45) is 0. The van der Waals surface area contributed by atoms with Gasteiger partial charge < -0.3 is 9.80 Å². The molecule has 0 N–H and O–H groups in total. The number of carbonyl (C=O) groups excluding carboxylic acids is 1. The number of nitrogens with zero attached hydrogens (tertiary/aromatic N) is 2. The Kier molecular flexibility index (Phi) is 6.20. The van der Waals surface area contributed by atoms with Crippen LogP contribution in [0, 0.1) is 2.88 Å². The fourth-order valence-electron chi connectivity index (χ4n) is 1.98. The molecule has 1 heterocycles. The van der Waals surface area contributed by atoms with E-state index in [2.05, 4.69) is 39.6 Å². The molecule has 0 fully saturated rings. The maximum atomic E-state index is 12.7. The van der Waals surface area contributed by atoms with E-state index in [0.29, 0.717) is 6.54 Å². The maximum Gasteiger partial charge on any atom is 0.255 e. The van der Waals surface area contributed by atoms with Gasteiger partial charge in [0.15, 0.2) is 0 Å². The third-order valence-corrected chi connectivity index (χ3v) is 4.92. The lowest BCUT2D eigenvalue weighted by atomic mass is 10.2. The Morgan fingerprint density at radius 3 is 2.48 bits per heavy atom. The number of rotatable bonds is 6. The van der Waals surface area contributed by atoms with Gasteiger partial charge in [-0.3, -0.25) is 4.79 Å². The predicted molar refractivity (Wildman–Crippen MR) is 96.8 cm³/mol. The zero-order valence-electron chi connectivity index (χ0n) is 12.3. The summed E-state index contributed by atoms with van der Waals surface area (Å²) in [6, 6.07) is 12.1. The van der Waals surface area contributed by atoms with E-state index in [-0.39, 0.29) is 5.91 Å². The van der Waals surface area contributed by atoms with Gasteiger partial charge >= 0.3 is 0 Å². The first-order chi connectivity index (χ1) is 10.1. The lowest BCUT2D eigenvalue weighted by Gasteiger charge is -2.24. The molecule has 0 saturated carbocycles. The van der Waals surface area contributed by atoms with Crippen LogP contribution in [0.2, 0.25) is 0 Å². The molecule has 0 aliphatic heterocycles. The molecule has 0 aliphatic rings. The van der Waals surface area contributed by atoms with Gasteiger partial charge in [-0.1, -0.05) is 30.3 Å². The van der Waals surface area contributed by atoms with Crippen LogP contribution in [0.1, 0.15) is 15.9 Å². The summed E-state index contributed by atoms with van der Waals surface area (Å²) in [5.74, 6) is 0.111. The largest absolute Gasteiger partial charge is 0.333 e. The van der Waals surface area contributed by atoms with Crippen LogP contribution >= 0.6 is 33.9 Å². The van der Waals surface area contributed by atoms with Gasteiger partial charge in [-0.05, 0) is 48.3 Å². The summed E-state index contributed by atoms with van der Waals surface area (Å²) in [6.45, 7) is 2.24. The molecule has 0 radical (unpaired) electrons. The summed E-state index contributed by atoms with van der Waals surface area (Å²) >= 11 is 3.86. The van der Waals surface area contributed by atoms with Gasteiger partial charge in [0.25, 0.3) is 5.91 Å². The minimum atomic E-state index is 0.111. The molecule has 1 aromatic heterocycles. The number of halogens is 1. The Labute approximate surface area is 143 Å². The second kappa shape index (κ2) is 7.91. The van der Waals surface area contributed by atoms with Crippen molar-refractivity contribution >= 4 is 39.8 Å². The topological polar surface area (TPSA) is 23.6 Å². The zero-order chi connectivity index (χ0) is 15.2. The summed E-state index contributed by atoms with van der Waals surface area (Å²) in [5.41, 5.74) is 1.95. The van der Waals surface area contributed by atoms with Crippen molar-refractivity contribution in [1.82, 2.24) is 9.80 Å². The highest BCUT2D eigenvalue weighted by atomic mass is 127. The smallest absolute Gasteiger partial charge is 0.255 e. The van der Waals surface area contributed by atoms with E-state index in [9.17, 15) is 4.79 Å². The minimum Gasteiger partial charge on any atom is -0.333 e. The van der Waals surface area contributed by atoms with Crippen molar-refractivity contribution in [3.05, 3.63) is 55.8 Å². The molecule has 3 nitrogen and oxygen atoms in total. The molecule has 0 bridgehead atoms. The van der Waals surface area contributed by atoms with E-state index < -0.39 is 0 Å². The molecule has 1 amide bonds. The standard InChI is InChI=1S/C16H19IN2OS/c1-18(2)8-9-19(11-13-6-4-3-5-7-13)16(20)14-10-15(17)21-12-14/h3-7,10,12H,8-9,11H2,1-2H3. The average molecular weight is 414 g/mol. The monoisotopic (exact) mass is 414 g/mol. The Morgan fingerprint density at radius 2 is 1.90 bits per heavy atom. The Bertz CT molecular complexity index is 583. The fourth-order valence-corrected chi connectivity index (χ4v) is 3.30. The molecular weight excluding hydrogens is 395 g/mol. The third-order valence-electron chi connectivity index (χ3n) is 3.14. The van der Waals surface area contributed by atoms with Gasteiger partial charge in [0.05, 0.1) is 8.45 Å². The van der Waals surface area contributed by atoms with E-state index in [1.165, 1.54) is 0 Å². The van der Waals surface area contributed by atoms with Crippen LogP contribution in [0.3, 0.4) is 0 Å². The Balaban J connectivity index is 2.13. The first-order valence-electron chi connectivity index (χ1n) is 6.78. The number of thiophene rings is 1. The summed E-state index contributed by atoms with van der Waals surface area (Å²) in [4.78, 5) is 16.7. The quantitative estimate of drug-likeness (QED) is 0.675. The van der Waals surface area contributed by atoms with E-state index in [0.717, 1.165) is 27.1 Å². The van der Waals surface area contributed by atoms with Crippen molar-refractivity contribution in [1.29, 1.82) is 0 Å². The molecule has 0 unspecified atom stereocenters. The molecule has 0 spiro atoms. The van der Waals surface area contributed by atoms with Crippen LogP contribution in [0.25, 0.3) is 0 Å². The molecule has 0 aliphatic carbocycles. The Morgan fingerprint density at radius 1 is 1.19 bits per heavy atom. The highest BCUT2D eigenvalue weighted by molar-refractivity contribution is 14.1. The second-order valence-electron chi connectivity index (χ2n) is 5.16. The summed E-state index contributed by atoms with van der Waals surface area (Å²) < 4.78 is 1.14. The SMILES string of the molecule is CN(C)CCN(Cc1ccccc1)C(=O)c1csc(I)c1. The van der Waals surface area contributed by atoms with Gasteiger partial charge in [0.1, 0.15) is 0 Å². The molecule has 112 valence electrons. The van der Waals surface area contributed by atoms with Crippen molar-refractivity contribution in [3.63, 3.8) is 0 Å². The first-order valence-corrected chi connectivity index (χ1v) is 8.74. The first kappa shape index (κ1) is 16.5. The van der Waals surface area contributed by atoms with Crippen molar-refractivity contribution in [3.8, 4) is 0 Å². The van der Waals surface area contributed by atoms with Crippen molar-refractivity contribution < 1.29 is 4.79 Å². The van der Waals surface area contributed by atoms with Crippen LogP contribution < -0.4 is 0 Å². The van der Waals surface area contributed by atoms with Gasteiger partial charge in [-0.15, -0.1) is 11.3 Å². The fraction of sp³-hybridized carbons (Fsp3) is 0.312. The normalized spacial score (nSPS) is 10.9. The highest BCUT2D eigenvalue weighted by Gasteiger charge is 2.17. The molecule has 2 aromatic rings. The summed E-state index contributed by atoms with van der Waals surface area (Å²) in [5, 5.41) is 1.94. The van der Waals surface area contributed by atoms with Crippen molar-refractivity contribution in [2.45, 2.75) is 6.54 Å². The molecule has 0 saturated heterocycles. The van der Waals surface area contributed by atoms with Gasteiger partial charge in [-0.25, -0.2) is 0 Å². The highest BCUT2D eigenvalue weighted by Crippen LogP contribution is 2.19. The number of hydrogen-bond donors (Lipinski definition) is 0. The van der Waals surface area contributed by atoms with Gasteiger partial charge in [0.2, 0.25) is 0 Å². The third kappa shape index (κ3) is 5.09. The van der Waals surface area contributed by atoms with Crippen LogP contribution in [-0.4, -0.2) is 42.9 Å². The number of hydrogen-bond acceptors (Lipinski definition) is 3. The van der Waals surface area contributed by atoms with Crippen LogP contribution in [0.15, 0.2) is 41.8 Å². The van der Waals surface area contributed by atoms with E-state index in [1.54, 1.807) is 11.3 Å². The number of carbonyl (C=O) groups is 1. The molecule has 1 aromatic carbocycles. The molecule has 2 rings (SSSR count). The molecule has 5 heteroatoms. The zero-order valence-corrected chi connectivity index (χ0v) is 15.2. The Hall–Kier alpha value is -0.920. The number of benzene rings is 1. The predicted octanol–water partition coefficient (Wildman–Crippen LogP) is 3.56.